The molecular weight excluding hydrogens is 557 g/mol. The number of nitrogens with zero attached hydrogens (tertiary/aromatic N) is 4. The minimum absolute atomic E-state index is 0.0191. The van der Waals surface area contributed by atoms with Crippen molar-refractivity contribution in [1.82, 2.24) is 19.4 Å². The maximum Gasteiger partial charge on any atom is 0.348 e. The van der Waals surface area contributed by atoms with E-state index in [0.717, 1.165) is 6.07 Å². The summed E-state index contributed by atoms with van der Waals surface area (Å²) < 4.78 is 36.7. The van der Waals surface area contributed by atoms with E-state index in [0.29, 0.717) is 41.0 Å². The summed E-state index contributed by atoms with van der Waals surface area (Å²) in [7, 11) is 1.57. The standard InChI is InChI=1S/C26H24Cl2F2N4O3S/c1-4-21(35)32-5-6-33(13(2)11-32)25-20(37-3)12-34-23-14(10-31-26(34)36)7-17(28)22(24(23)38-25)15-8-16(27)19(30)9-18(15)29/h4,7-10,13,20,25H,1,5-6,11-12H2,2-3H3/t13-,20?,25?/m0/s1. The van der Waals surface area contributed by atoms with Gasteiger partial charge in [-0.1, -0.05) is 29.8 Å². The van der Waals surface area contributed by atoms with E-state index in [-0.39, 0.29) is 39.5 Å². The van der Waals surface area contributed by atoms with E-state index >= 15 is 4.39 Å². The summed E-state index contributed by atoms with van der Waals surface area (Å²) in [5, 5.41) is 0.213. The monoisotopic (exact) mass is 580 g/mol. The molecule has 5 rings (SSSR count). The zero-order chi connectivity index (χ0) is 27.3. The molecule has 1 fully saturated rings. The number of rotatable bonds is 4. The number of aromatic nitrogens is 2. The van der Waals surface area contributed by atoms with Crippen LogP contribution in [0.15, 0.2) is 46.7 Å². The van der Waals surface area contributed by atoms with Gasteiger partial charge in [-0.15, -0.1) is 11.8 Å². The number of amides is 1. The number of carbonyl (C=O) groups excluding carboxylic acids is 1. The van der Waals surface area contributed by atoms with Crippen molar-refractivity contribution in [3.63, 3.8) is 0 Å². The second kappa shape index (κ2) is 10.6. The summed E-state index contributed by atoms with van der Waals surface area (Å²) in [6.07, 6.45) is 2.27. The number of ether oxygens (including phenoxy) is 1. The summed E-state index contributed by atoms with van der Waals surface area (Å²) >= 11 is 14.2. The van der Waals surface area contributed by atoms with Crippen LogP contribution in [0, 0.1) is 11.6 Å². The summed E-state index contributed by atoms with van der Waals surface area (Å²) in [4.78, 5) is 33.7. The highest BCUT2D eigenvalue weighted by Crippen LogP contribution is 2.48. The lowest BCUT2D eigenvalue weighted by Crippen LogP contribution is -2.58. The number of hydrogen-bond acceptors (Lipinski definition) is 6. The average molecular weight is 581 g/mol. The first-order valence-corrected chi connectivity index (χ1v) is 13.5. The molecule has 2 aromatic carbocycles. The molecule has 3 atom stereocenters. The van der Waals surface area contributed by atoms with E-state index in [4.69, 9.17) is 27.9 Å². The van der Waals surface area contributed by atoms with Crippen LogP contribution in [0.25, 0.3) is 22.0 Å². The molecule has 1 saturated heterocycles. The Bertz CT molecular complexity index is 1520. The molecule has 38 heavy (non-hydrogen) atoms. The lowest BCUT2D eigenvalue weighted by molar-refractivity contribution is -0.129. The largest absolute Gasteiger partial charge is 0.377 e. The van der Waals surface area contributed by atoms with Gasteiger partial charge in [0.1, 0.15) is 17.7 Å². The SMILES string of the molecule is C=CC(=O)N1CCN(C2Sc3c(-c4cc(Cl)c(F)cc4F)c(Cl)cc4cnc(=O)n(c34)CC2OC)[C@@H](C)C1. The molecule has 2 aliphatic heterocycles. The first-order chi connectivity index (χ1) is 18.1. The predicted octanol–water partition coefficient (Wildman–Crippen LogP) is 4.81. The number of piperazine rings is 1. The van der Waals surface area contributed by atoms with Crippen molar-refractivity contribution in [1.29, 1.82) is 0 Å². The van der Waals surface area contributed by atoms with Crippen LogP contribution >= 0.6 is 35.0 Å². The number of benzene rings is 2. The lowest BCUT2D eigenvalue weighted by Gasteiger charge is -2.45. The van der Waals surface area contributed by atoms with Gasteiger partial charge in [0.05, 0.1) is 27.5 Å². The quantitative estimate of drug-likeness (QED) is 0.326. The fraction of sp³-hybridized carbons (Fsp3) is 0.346. The summed E-state index contributed by atoms with van der Waals surface area (Å²) in [6.45, 7) is 7.28. The van der Waals surface area contributed by atoms with Crippen LogP contribution in [0.2, 0.25) is 10.0 Å². The van der Waals surface area contributed by atoms with E-state index in [2.05, 4.69) is 16.5 Å². The molecule has 2 unspecified atom stereocenters. The van der Waals surface area contributed by atoms with Gasteiger partial charge in [0.2, 0.25) is 5.91 Å². The third kappa shape index (κ3) is 4.62. The van der Waals surface area contributed by atoms with E-state index in [1.807, 2.05) is 6.92 Å². The smallest absolute Gasteiger partial charge is 0.348 e. The van der Waals surface area contributed by atoms with Gasteiger partial charge in [0, 0.05) is 66.5 Å². The van der Waals surface area contributed by atoms with Gasteiger partial charge in [-0.25, -0.2) is 18.6 Å². The fourth-order valence-corrected chi connectivity index (χ4v) is 7.42. The van der Waals surface area contributed by atoms with Gasteiger partial charge >= 0.3 is 5.69 Å². The molecule has 200 valence electrons. The Kier molecular flexibility index (Phi) is 7.54. The molecule has 3 aromatic rings. The van der Waals surface area contributed by atoms with Crippen molar-refractivity contribution in [2.45, 2.75) is 35.9 Å². The summed E-state index contributed by atoms with van der Waals surface area (Å²) in [6, 6.07) is 3.48. The topological polar surface area (TPSA) is 67.7 Å². The second-order valence-corrected chi connectivity index (χ2v) is 11.2. The third-order valence-corrected chi connectivity index (χ3v) is 9.08. The molecule has 1 aromatic heterocycles. The van der Waals surface area contributed by atoms with E-state index in [9.17, 15) is 14.0 Å². The maximum atomic E-state index is 15.2. The molecular formula is C26H24Cl2F2N4O3S. The van der Waals surface area contributed by atoms with Crippen LogP contribution < -0.4 is 5.69 Å². The van der Waals surface area contributed by atoms with Crippen molar-refractivity contribution in [3.8, 4) is 11.1 Å². The molecule has 0 N–H and O–H groups in total. The van der Waals surface area contributed by atoms with Crippen molar-refractivity contribution >= 4 is 51.8 Å². The highest BCUT2D eigenvalue weighted by molar-refractivity contribution is 8.00. The number of thioether (sulfide) groups is 1. The van der Waals surface area contributed by atoms with Gasteiger partial charge in [-0.05, 0) is 25.1 Å². The number of carbonyl (C=O) groups is 1. The Morgan fingerprint density at radius 3 is 2.63 bits per heavy atom. The second-order valence-electron chi connectivity index (χ2n) is 9.26. The highest BCUT2D eigenvalue weighted by Gasteiger charge is 2.39. The van der Waals surface area contributed by atoms with Crippen molar-refractivity contribution in [2.75, 3.05) is 26.7 Å². The number of hydrogen-bond donors (Lipinski definition) is 0. The highest BCUT2D eigenvalue weighted by atomic mass is 35.5. The van der Waals surface area contributed by atoms with Crippen LogP contribution in [-0.2, 0) is 16.1 Å². The Labute approximate surface area is 232 Å². The molecule has 3 heterocycles. The Balaban J connectivity index is 1.70. The number of halogens is 4. The van der Waals surface area contributed by atoms with Gasteiger partial charge < -0.3 is 9.64 Å². The van der Waals surface area contributed by atoms with Crippen LogP contribution in [0.5, 0.6) is 0 Å². The Morgan fingerprint density at radius 1 is 1.18 bits per heavy atom. The zero-order valence-corrected chi connectivity index (χ0v) is 22.9. The maximum absolute atomic E-state index is 15.2. The third-order valence-electron chi connectivity index (χ3n) is 7.04. The molecule has 12 heteroatoms. The van der Waals surface area contributed by atoms with Gasteiger partial charge in [0.15, 0.2) is 0 Å². The lowest BCUT2D eigenvalue weighted by atomic mass is 10.0. The zero-order valence-electron chi connectivity index (χ0n) is 20.6. The van der Waals surface area contributed by atoms with Gasteiger partial charge in [-0.3, -0.25) is 14.3 Å². The predicted molar refractivity (Wildman–Crippen MR) is 145 cm³/mol. The molecule has 0 saturated carbocycles. The molecule has 7 nitrogen and oxygen atoms in total. The normalized spacial score (nSPS) is 21.9. The van der Waals surface area contributed by atoms with Gasteiger partial charge in [-0.2, -0.15) is 0 Å². The fourth-order valence-electron chi connectivity index (χ4n) is 5.17. The molecule has 1 amide bonds. The van der Waals surface area contributed by atoms with E-state index in [1.54, 1.807) is 18.1 Å². The van der Waals surface area contributed by atoms with Gasteiger partial charge in [0.25, 0.3) is 0 Å². The minimum atomic E-state index is -0.887. The molecule has 0 bridgehead atoms. The first kappa shape index (κ1) is 27.1. The van der Waals surface area contributed by atoms with Crippen LogP contribution in [-0.4, -0.2) is 69.5 Å². The van der Waals surface area contributed by atoms with E-state index < -0.39 is 23.4 Å². The average Bonchev–Trinajstić information content (AvgIpc) is 3.06. The van der Waals surface area contributed by atoms with Crippen LogP contribution in [0.3, 0.4) is 0 Å². The Hall–Kier alpha value is -2.50. The van der Waals surface area contributed by atoms with E-state index in [1.165, 1.54) is 34.7 Å². The molecule has 0 spiro atoms. The van der Waals surface area contributed by atoms with Crippen molar-refractivity contribution in [3.05, 3.63) is 69.2 Å². The van der Waals surface area contributed by atoms with Crippen molar-refractivity contribution in [2.24, 2.45) is 0 Å². The first-order valence-electron chi connectivity index (χ1n) is 11.9. The van der Waals surface area contributed by atoms with Crippen LogP contribution in [0.4, 0.5) is 8.78 Å². The Morgan fingerprint density at radius 2 is 1.95 bits per heavy atom. The van der Waals surface area contributed by atoms with Crippen molar-refractivity contribution < 1.29 is 18.3 Å². The summed E-state index contributed by atoms with van der Waals surface area (Å²) in [5.41, 5.74) is 0.373. The number of methoxy groups -OCH3 is 1. The molecule has 0 aliphatic carbocycles. The minimum Gasteiger partial charge on any atom is -0.377 e. The summed E-state index contributed by atoms with van der Waals surface area (Å²) in [5.74, 6) is -1.86. The molecule has 2 aliphatic rings. The molecule has 0 radical (unpaired) electrons. The van der Waals surface area contributed by atoms with Crippen LogP contribution in [0.1, 0.15) is 6.92 Å².